The van der Waals surface area contributed by atoms with E-state index < -0.39 is 17.6 Å². The number of aldehydes is 1. The lowest BCUT2D eigenvalue weighted by Gasteiger charge is -2.11. The zero-order valence-electron chi connectivity index (χ0n) is 9.54. The summed E-state index contributed by atoms with van der Waals surface area (Å²) in [6.45, 7) is 0. The number of hydrogen-bond donors (Lipinski definition) is 0. The third-order valence-electron chi connectivity index (χ3n) is 2.67. The van der Waals surface area contributed by atoms with Crippen molar-refractivity contribution in [1.82, 2.24) is 0 Å². The van der Waals surface area contributed by atoms with E-state index in [-0.39, 0.29) is 11.1 Å². The Hall–Kier alpha value is -2.17. The molecule has 1 nitrogen and oxygen atoms in total. The lowest BCUT2D eigenvalue weighted by atomic mass is 9.98. The van der Waals surface area contributed by atoms with E-state index in [0.29, 0.717) is 17.9 Å². The molecule has 0 atom stereocenters. The van der Waals surface area contributed by atoms with Crippen LogP contribution in [0.5, 0.6) is 0 Å². The number of carbonyl (C=O) groups is 1. The van der Waals surface area contributed by atoms with E-state index in [9.17, 15) is 22.4 Å². The van der Waals surface area contributed by atoms with Gasteiger partial charge in [-0.25, -0.2) is 4.39 Å². The maximum absolute atomic E-state index is 13.2. The predicted octanol–water partition coefficient (Wildman–Crippen LogP) is 4.32. The summed E-state index contributed by atoms with van der Waals surface area (Å²) >= 11 is 0. The third kappa shape index (κ3) is 2.65. The lowest BCUT2D eigenvalue weighted by molar-refractivity contribution is -0.139. The van der Waals surface area contributed by atoms with Crippen LogP contribution in [0.2, 0.25) is 0 Å². The maximum atomic E-state index is 13.2. The highest BCUT2D eigenvalue weighted by molar-refractivity contribution is 5.87. The summed E-state index contributed by atoms with van der Waals surface area (Å²) in [6, 6.07) is 8.86. The van der Waals surface area contributed by atoms with Gasteiger partial charge in [-0.15, -0.1) is 0 Å². The van der Waals surface area contributed by atoms with Gasteiger partial charge in [0.25, 0.3) is 0 Å². The molecular formula is C14H8F4O. The second-order valence-electron chi connectivity index (χ2n) is 3.90. The van der Waals surface area contributed by atoms with E-state index in [1.54, 1.807) is 12.1 Å². The zero-order chi connectivity index (χ0) is 14.0. The van der Waals surface area contributed by atoms with Crippen molar-refractivity contribution in [3.63, 3.8) is 0 Å². The molecule has 0 saturated carbocycles. The Kier molecular flexibility index (Phi) is 3.38. The smallest absolute Gasteiger partial charge is 0.298 e. The van der Waals surface area contributed by atoms with Crippen molar-refractivity contribution in [2.75, 3.05) is 0 Å². The average Bonchev–Trinajstić information content (AvgIpc) is 2.38. The average molecular weight is 268 g/mol. The minimum absolute atomic E-state index is 0.149. The molecule has 0 unspecified atom stereocenters. The maximum Gasteiger partial charge on any atom is 0.419 e. The van der Waals surface area contributed by atoms with E-state index in [2.05, 4.69) is 0 Å². The molecule has 0 aliphatic heterocycles. The van der Waals surface area contributed by atoms with E-state index in [1.807, 2.05) is 0 Å². The molecule has 0 fully saturated rings. The minimum atomic E-state index is -4.77. The van der Waals surface area contributed by atoms with E-state index in [1.165, 1.54) is 18.2 Å². The van der Waals surface area contributed by atoms with Crippen LogP contribution in [0.4, 0.5) is 17.6 Å². The first kappa shape index (κ1) is 13.3. The molecule has 2 rings (SSSR count). The van der Waals surface area contributed by atoms with Crippen molar-refractivity contribution in [3.05, 3.63) is 59.4 Å². The number of rotatable bonds is 2. The summed E-state index contributed by atoms with van der Waals surface area (Å²) in [6.07, 6.45) is -4.22. The SMILES string of the molecule is O=Cc1ccccc1-c1ccc(F)c(C(F)(F)F)c1. The van der Waals surface area contributed by atoms with Crippen LogP contribution >= 0.6 is 0 Å². The summed E-state index contributed by atoms with van der Waals surface area (Å²) in [5.41, 5.74) is -0.604. The Morgan fingerprint density at radius 3 is 2.32 bits per heavy atom. The highest BCUT2D eigenvalue weighted by atomic mass is 19.4. The van der Waals surface area contributed by atoms with Gasteiger partial charge in [-0.2, -0.15) is 13.2 Å². The molecule has 0 amide bonds. The van der Waals surface area contributed by atoms with E-state index in [0.717, 1.165) is 6.07 Å². The van der Waals surface area contributed by atoms with Crippen molar-refractivity contribution < 1.29 is 22.4 Å². The summed E-state index contributed by atoms with van der Waals surface area (Å²) in [4.78, 5) is 10.9. The highest BCUT2D eigenvalue weighted by Gasteiger charge is 2.34. The minimum Gasteiger partial charge on any atom is -0.298 e. The standard InChI is InChI=1S/C14H8F4O/c15-13-6-5-9(7-12(13)14(16,17)18)11-4-2-1-3-10(11)8-19/h1-8H. The van der Waals surface area contributed by atoms with Crippen LogP contribution in [0.1, 0.15) is 15.9 Å². The van der Waals surface area contributed by atoms with Gasteiger partial charge >= 0.3 is 6.18 Å². The molecule has 0 aliphatic carbocycles. The monoisotopic (exact) mass is 268 g/mol. The van der Waals surface area contributed by atoms with Gasteiger partial charge in [0.05, 0.1) is 5.56 Å². The highest BCUT2D eigenvalue weighted by Crippen LogP contribution is 2.34. The topological polar surface area (TPSA) is 17.1 Å². The molecule has 0 heterocycles. The number of carbonyl (C=O) groups excluding carboxylic acids is 1. The van der Waals surface area contributed by atoms with Crippen LogP contribution in [0.25, 0.3) is 11.1 Å². The Morgan fingerprint density at radius 2 is 1.68 bits per heavy atom. The van der Waals surface area contributed by atoms with E-state index >= 15 is 0 Å². The van der Waals surface area contributed by atoms with Gasteiger partial charge in [0.2, 0.25) is 0 Å². The van der Waals surface area contributed by atoms with E-state index in [4.69, 9.17) is 0 Å². The summed E-state index contributed by atoms with van der Waals surface area (Å²) in [7, 11) is 0. The molecule has 2 aromatic carbocycles. The van der Waals surface area contributed by atoms with Gasteiger partial charge in [0.1, 0.15) is 5.82 Å². The van der Waals surface area contributed by atoms with Crippen molar-refractivity contribution in [2.45, 2.75) is 6.18 Å². The first-order valence-corrected chi connectivity index (χ1v) is 5.35. The first-order valence-electron chi connectivity index (χ1n) is 5.35. The molecule has 19 heavy (non-hydrogen) atoms. The summed E-state index contributed by atoms with van der Waals surface area (Å²) < 4.78 is 51.0. The quantitative estimate of drug-likeness (QED) is 0.585. The molecule has 2 aromatic rings. The van der Waals surface area contributed by atoms with Crippen LogP contribution in [0.15, 0.2) is 42.5 Å². The number of benzene rings is 2. The van der Waals surface area contributed by atoms with Crippen LogP contribution in [-0.2, 0) is 6.18 Å². The molecule has 0 aromatic heterocycles. The van der Waals surface area contributed by atoms with Crippen LogP contribution in [-0.4, -0.2) is 6.29 Å². The van der Waals surface area contributed by atoms with Crippen molar-refractivity contribution in [1.29, 1.82) is 0 Å². The first-order chi connectivity index (χ1) is 8.93. The Bertz CT molecular complexity index is 617. The normalized spacial score (nSPS) is 11.4. The molecule has 0 N–H and O–H groups in total. The number of halogens is 4. The molecule has 0 aliphatic rings. The largest absolute Gasteiger partial charge is 0.419 e. The van der Waals surface area contributed by atoms with Crippen LogP contribution in [0, 0.1) is 5.82 Å². The van der Waals surface area contributed by atoms with Crippen LogP contribution < -0.4 is 0 Å². The number of alkyl halides is 3. The molecule has 0 saturated heterocycles. The predicted molar refractivity (Wildman–Crippen MR) is 62.2 cm³/mol. The molecular weight excluding hydrogens is 260 g/mol. The fourth-order valence-corrected chi connectivity index (χ4v) is 1.77. The second-order valence-corrected chi connectivity index (χ2v) is 3.90. The molecule has 0 radical (unpaired) electrons. The number of hydrogen-bond acceptors (Lipinski definition) is 1. The Labute approximate surface area is 106 Å². The molecule has 5 heteroatoms. The van der Waals surface area contributed by atoms with Crippen LogP contribution in [0.3, 0.4) is 0 Å². The Morgan fingerprint density at radius 1 is 1.00 bits per heavy atom. The van der Waals surface area contributed by atoms with Gasteiger partial charge in [-0.1, -0.05) is 30.3 Å². The van der Waals surface area contributed by atoms with Gasteiger partial charge < -0.3 is 0 Å². The molecule has 0 spiro atoms. The fourth-order valence-electron chi connectivity index (χ4n) is 1.77. The second kappa shape index (κ2) is 4.84. The van der Waals surface area contributed by atoms with Gasteiger partial charge in [0, 0.05) is 5.56 Å². The molecule has 0 bridgehead atoms. The summed E-state index contributed by atoms with van der Waals surface area (Å²) in [5.74, 6) is -1.33. The summed E-state index contributed by atoms with van der Waals surface area (Å²) in [5, 5.41) is 0. The van der Waals surface area contributed by atoms with Crippen molar-refractivity contribution in [3.8, 4) is 11.1 Å². The van der Waals surface area contributed by atoms with Crippen molar-refractivity contribution >= 4 is 6.29 Å². The molecule has 98 valence electrons. The fraction of sp³-hybridized carbons (Fsp3) is 0.0714. The van der Waals surface area contributed by atoms with Gasteiger partial charge in [-0.3, -0.25) is 4.79 Å². The Balaban J connectivity index is 2.61. The van der Waals surface area contributed by atoms with Gasteiger partial charge in [0.15, 0.2) is 6.29 Å². The van der Waals surface area contributed by atoms with Gasteiger partial charge in [-0.05, 0) is 23.3 Å². The lowest BCUT2D eigenvalue weighted by Crippen LogP contribution is -2.08. The zero-order valence-corrected chi connectivity index (χ0v) is 9.54. The third-order valence-corrected chi connectivity index (χ3v) is 2.67. The van der Waals surface area contributed by atoms with Crippen molar-refractivity contribution in [2.24, 2.45) is 0 Å².